The maximum absolute atomic E-state index is 11.7. The molecule has 2 N–H and O–H groups in total. The first-order chi connectivity index (χ1) is 8.61. The van der Waals surface area contributed by atoms with Crippen molar-refractivity contribution in [1.29, 1.82) is 0 Å². The Morgan fingerprint density at radius 3 is 2.67 bits per heavy atom. The molecule has 0 fully saturated rings. The third kappa shape index (κ3) is 2.42. The smallest absolute Gasteiger partial charge is 0.257 e. The number of hydrogen-bond donors (Lipinski definition) is 2. The fourth-order valence-electron chi connectivity index (χ4n) is 1.92. The van der Waals surface area contributed by atoms with Gasteiger partial charge in [-0.05, 0) is 24.5 Å². The van der Waals surface area contributed by atoms with Crippen LogP contribution in [0.1, 0.15) is 29.4 Å². The van der Waals surface area contributed by atoms with Gasteiger partial charge in [0.05, 0.1) is 5.56 Å². The second-order valence-electron chi connectivity index (χ2n) is 4.27. The van der Waals surface area contributed by atoms with Crippen LogP contribution in [0.2, 0.25) is 0 Å². The lowest BCUT2D eigenvalue weighted by Gasteiger charge is -2.06. The van der Waals surface area contributed by atoms with Gasteiger partial charge in [-0.15, -0.1) is 0 Å². The molecule has 4 nitrogen and oxygen atoms in total. The predicted octanol–water partition coefficient (Wildman–Crippen LogP) is 1.94. The summed E-state index contributed by atoms with van der Waals surface area (Å²) in [6.45, 7) is 3.82. The number of aromatic hydroxyl groups is 1. The number of hydrogen-bond acceptors (Lipinski definition) is 3. The van der Waals surface area contributed by atoms with Gasteiger partial charge in [-0.1, -0.05) is 31.2 Å². The maximum atomic E-state index is 11.7. The van der Waals surface area contributed by atoms with Gasteiger partial charge in [0.1, 0.15) is 5.82 Å². The van der Waals surface area contributed by atoms with E-state index < -0.39 is 0 Å². The molecule has 0 unspecified atom stereocenters. The zero-order chi connectivity index (χ0) is 13.1. The number of benzene rings is 1. The summed E-state index contributed by atoms with van der Waals surface area (Å²) in [6.07, 6.45) is 0.984. The van der Waals surface area contributed by atoms with Gasteiger partial charge in [0.25, 0.3) is 5.56 Å². The maximum Gasteiger partial charge on any atom is 0.257 e. The summed E-state index contributed by atoms with van der Waals surface area (Å²) < 4.78 is 0. The van der Waals surface area contributed by atoms with Crippen molar-refractivity contribution in [3.63, 3.8) is 0 Å². The van der Waals surface area contributed by atoms with Gasteiger partial charge in [-0.25, -0.2) is 0 Å². The van der Waals surface area contributed by atoms with E-state index >= 15 is 0 Å². The molecule has 0 radical (unpaired) electrons. The Bertz CT molecular complexity index is 617. The van der Waals surface area contributed by atoms with Gasteiger partial charge in [-0.3, -0.25) is 4.79 Å². The van der Waals surface area contributed by atoms with Crippen LogP contribution < -0.4 is 5.56 Å². The zero-order valence-corrected chi connectivity index (χ0v) is 10.5. The van der Waals surface area contributed by atoms with Crippen LogP contribution in [0.3, 0.4) is 0 Å². The van der Waals surface area contributed by atoms with Gasteiger partial charge in [0.2, 0.25) is 5.88 Å². The van der Waals surface area contributed by atoms with Crippen LogP contribution >= 0.6 is 0 Å². The van der Waals surface area contributed by atoms with E-state index in [0.29, 0.717) is 24.2 Å². The van der Waals surface area contributed by atoms with Gasteiger partial charge < -0.3 is 10.1 Å². The Morgan fingerprint density at radius 1 is 1.33 bits per heavy atom. The third-order valence-electron chi connectivity index (χ3n) is 3.02. The molecule has 1 aromatic carbocycles. The standard InChI is InChI=1S/C14H16N2O2/c1-3-11-13(17)15-12(16-14(11)18)8-10-7-5-4-6-9(10)2/h4-7H,3,8H2,1-2H3,(H2,15,16,17,18). The average molecular weight is 244 g/mol. The number of nitrogens with zero attached hydrogens (tertiary/aromatic N) is 1. The molecule has 0 bridgehead atoms. The summed E-state index contributed by atoms with van der Waals surface area (Å²) in [5.74, 6) is 0.328. The third-order valence-corrected chi connectivity index (χ3v) is 3.02. The molecule has 0 amide bonds. The second-order valence-corrected chi connectivity index (χ2v) is 4.27. The van der Waals surface area contributed by atoms with E-state index in [4.69, 9.17) is 0 Å². The minimum absolute atomic E-state index is 0.162. The highest BCUT2D eigenvalue weighted by Gasteiger charge is 2.09. The van der Waals surface area contributed by atoms with Gasteiger partial charge in [-0.2, -0.15) is 4.98 Å². The van der Waals surface area contributed by atoms with Crippen molar-refractivity contribution in [2.24, 2.45) is 0 Å². The molecule has 0 saturated carbocycles. The van der Waals surface area contributed by atoms with Crippen LogP contribution in [0.5, 0.6) is 5.88 Å². The summed E-state index contributed by atoms with van der Waals surface area (Å²) in [7, 11) is 0. The molecular formula is C14H16N2O2. The van der Waals surface area contributed by atoms with Crippen molar-refractivity contribution in [3.8, 4) is 5.88 Å². The monoisotopic (exact) mass is 244 g/mol. The molecule has 2 rings (SSSR count). The van der Waals surface area contributed by atoms with E-state index in [-0.39, 0.29) is 11.4 Å². The highest BCUT2D eigenvalue weighted by Crippen LogP contribution is 2.13. The number of aromatic amines is 1. The number of aryl methyl sites for hydroxylation is 1. The van der Waals surface area contributed by atoms with Gasteiger partial charge in [0, 0.05) is 6.42 Å². The number of H-pyrrole nitrogens is 1. The number of aromatic nitrogens is 2. The van der Waals surface area contributed by atoms with Crippen LogP contribution in [0.25, 0.3) is 0 Å². The van der Waals surface area contributed by atoms with Crippen molar-refractivity contribution >= 4 is 0 Å². The minimum atomic E-state index is -0.256. The quantitative estimate of drug-likeness (QED) is 0.867. The van der Waals surface area contributed by atoms with Crippen molar-refractivity contribution in [3.05, 3.63) is 57.1 Å². The largest absolute Gasteiger partial charge is 0.493 e. The minimum Gasteiger partial charge on any atom is -0.493 e. The van der Waals surface area contributed by atoms with E-state index in [1.165, 1.54) is 0 Å². The fourth-order valence-corrected chi connectivity index (χ4v) is 1.92. The topological polar surface area (TPSA) is 66.0 Å². The highest BCUT2D eigenvalue weighted by molar-refractivity contribution is 5.29. The van der Waals surface area contributed by atoms with Crippen LogP contribution in [0.4, 0.5) is 0 Å². The van der Waals surface area contributed by atoms with Crippen LogP contribution in [0.15, 0.2) is 29.1 Å². The first kappa shape index (κ1) is 12.4. The zero-order valence-electron chi connectivity index (χ0n) is 10.5. The summed E-state index contributed by atoms with van der Waals surface area (Å²) in [5.41, 5.74) is 2.31. The molecule has 1 aromatic heterocycles. The van der Waals surface area contributed by atoms with E-state index in [1.807, 2.05) is 38.1 Å². The molecule has 0 atom stereocenters. The Morgan fingerprint density at radius 2 is 2.06 bits per heavy atom. The first-order valence-corrected chi connectivity index (χ1v) is 5.97. The molecule has 1 heterocycles. The lowest BCUT2D eigenvalue weighted by atomic mass is 10.1. The van der Waals surface area contributed by atoms with Crippen LogP contribution in [-0.4, -0.2) is 15.1 Å². The Kier molecular flexibility index (Phi) is 3.46. The Labute approximate surface area is 105 Å². The van der Waals surface area contributed by atoms with Crippen molar-refractivity contribution < 1.29 is 5.11 Å². The first-order valence-electron chi connectivity index (χ1n) is 5.97. The summed E-state index contributed by atoms with van der Waals surface area (Å²) in [5, 5.41) is 9.69. The molecule has 94 valence electrons. The van der Waals surface area contributed by atoms with Crippen molar-refractivity contribution in [2.45, 2.75) is 26.7 Å². The van der Waals surface area contributed by atoms with Crippen LogP contribution in [-0.2, 0) is 12.8 Å². The summed E-state index contributed by atoms with van der Waals surface area (Å²) in [4.78, 5) is 18.5. The molecule has 0 spiro atoms. The van der Waals surface area contributed by atoms with Crippen LogP contribution in [0, 0.1) is 6.92 Å². The normalized spacial score (nSPS) is 10.6. The second kappa shape index (κ2) is 5.04. The van der Waals surface area contributed by atoms with Gasteiger partial charge in [0.15, 0.2) is 0 Å². The predicted molar refractivity (Wildman–Crippen MR) is 69.9 cm³/mol. The van der Waals surface area contributed by atoms with E-state index in [2.05, 4.69) is 9.97 Å². The Hall–Kier alpha value is -2.10. The molecule has 18 heavy (non-hydrogen) atoms. The fraction of sp³-hybridized carbons (Fsp3) is 0.286. The lowest BCUT2D eigenvalue weighted by molar-refractivity contribution is 0.440. The summed E-state index contributed by atoms with van der Waals surface area (Å²) >= 11 is 0. The van der Waals surface area contributed by atoms with Gasteiger partial charge >= 0.3 is 0 Å². The molecule has 0 aliphatic heterocycles. The van der Waals surface area contributed by atoms with Crippen molar-refractivity contribution in [1.82, 2.24) is 9.97 Å². The van der Waals surface area contributed by atoms with Crippen molar-refractivity contribution in [2.75, 3.05) is 0 Å². The van der Waals surface area contributed by atoms with E-state index in [1.54, 1.807) is 0 Å². The number of nitrogens with one attached hydrogen (secondary N) is 1. The average Bonchev–Trinajstić information content (AvgIpc) is 2.32. The van der Waals surface area contributed by atoms with E-state index in [9.17, 15) is 9.90 Å². The molecule has 4 heteroatoms. The Balaban J connectivity index is 2.37. The lowest BCUT2D eigenvalue weighted by Crippen LogP contribution is -2.16. The molecule has 0 aliphatic rings. The summed E-state index contributed by atoms with van der Waals surface area (Å²) in [6, 6.07) is 7.90. The molecular weight excluding hydrogens is 228 g/mol. The highest BCUT2D eigenvalue weighted by atomic mass is 16.3. The number of rotatable bonds is 3. The molecule has 0 aliphatic carbocycles. The molecule has 2 aromatic rings. The molecule has 0 saturated heterocycles. The SMILES string of the molecule is CCc1c(O)nc(Cc2ccccc2C)[nH]c1=O. The van der Waals surface area contributed by atoms with E-state index in [0.717, 1.165) is 11.1 Å².